The highest BCUT2D eigenvalue weighted by molar-refractivity contribution is 6.05. The summed E-state index contributed by atoms with van der Waals surface area (Å²) in [5.41, 5.74) is 2.79. The number of para-hydroxylation sites is 1. The van der Waals surface area contributed by atoms with Gasteiger partial charge in [0.25, 0.3) is 5.91 Å². The number of carbonyl (C=O) groups is 1. The van der Waals surface area contributed by atoms with E-state index < -0.39 is 0 Å². The molecule has 0 bridgehead atoms. The topological polar surface area (TPSA) is 54.3 Å². The lowest BCUT2D eigenvalue weighted by Gasteiger charge is -2.45. The molecule has 0 radical (unpaired) electrons. The Hall–Kier alpha value is -2.73. The normalized spacial score (nSPS) is 14.8. The molecule has 26 heavy (non-hydrogen) atoms. The van der Waals surface area contributed by atoms with Gasteiger partial charge in [-0.05, 0) is 30.3 Å². The molecule has 134 valence electrons. The third-order valence-corrected chi connectivity index (χ3v) is 5.17. The van der Waals surface area contributed by atoms with E-state index in [-0.39, 0.29) is 5.91 Å². The largest absolute Gasteiger partial charge is 0.334 e. The van der Waals surface area contributed by atoms with Crippen LogP contribution in [0, 0.1) is 0 Å². The minimum Gasteiger partial charge on any atom is -0.334 e. The van der Waals surface area contributed by atoms with Crippen LogP contribution in [0.4, 0.5) is 0 Å². The summed E-state index contributed by atoms with van der Waals surface area (Å²) in [4.78, 5) is 21.3. The molecular formula is C20H23N5O. The molecule has 0 saturated carbocycles. The van der Waals surface area contributed by atoms with E-state index in [4.69, 9.17) is 0 Å². The van der Waals surface area contributed by atoms with Gasteiger partial charge in [-0.1, -0.05) is 25.1 Å². The molecule has 6 nitrogen and oxygen atoms in total. The number of benzene rings is 1. The smallest absolute Gasteiger partial charge is 0.275 e. The minimum atomic E-state index is 0.0259. The Bertz CT molecular complexity index is 914. The summed E-state index contributed by atoms with van der Waals surface area (Å²) in [7, 11) is 1.88. The van der Waals surface area contributed by atoms with Crippen LogP contribution in [0.2, 0.25) is 0 Å². The number of nitrogens with zero attached hydrogens (tertiary/aromatic N) is 5. The summed E-state index contributed by atoms with van der Waals surface area (Å²) in [5.74, 6) is 0.0259. The third kappa shape index (κ3) is 2.97. The number of hydrogen-bond acceptors (Lipinski definition) is 4. The van der Waals surface area contributed by atoms with E-state index in [0.717, 1.165) is 37.1 Å². The van der Waals surface area contributed by atoms with Crippen molar-refractivity contribution in [1.82, 2.24) is 24.6 Å². The fourth-order valence-electron chi connectivity index (χ4n) is 3.60. The maximum Gasteiger partial charge on any atom is 0.275 e. The van der Waals surface area contributed by atoms with Gasteiger partial charge in [0.15, 0.2) is 5.69 Å². The number of aromatic nitrogens is 3. The van der Waals surface area contributed by atoms with Crippen LogP contribution >= 0.6 is 0 Å². The van der Waals surface area contributed by atoms with E-state index >= 15 is 0 Å². The van der Waals surface area contributed by atoms with Crippen LogP contribution in [-0.4, -0.2) is 56.1 Å². The lowest BCUT2D eigenvalue weighted by Crippen LogP contribution is -2.60. The molecule has 0 spiro atoms. The number of amides is 1. The number of likely N-dealkylation sites (N-methyl/N-ethyl adjacent to an activating group) is 1. The molecule has 0 atom stereocenters. The number of pyridine rings is 1. The van der Waals surface area contributed by atoms with Crippen LogP contribution in [0.5, 0.6) is 0 Å². The Balaban J connectivity index is 1.44. The van der Waals surface area contributed by atoms with Crippen LogP contribution in [0.1, 0.15) is 23.0 Å². The number of likely N-dealkylation sites (tertiary alicyclic amines) is 1. The summed E-state index contributed by atoms with van der Waals surface area (Å²) in [5, 5.41) is 5.38. The molecule has 2 aromatic heterocycles. The van der Waals surface area contributed by atoms with E-state index in [9.17, 15) is 4.79 Å². The van der Waals surface area contributed by atoms with Gasteiger partial charge in [-0.2, -0.15) is 5.10 Å². The number of carbonyl (C=O) groups excluding carboxylic acids is 1. The van der Waals surface area contributed by atoms with Crippen LogP contribution in [0.15, 0.2) is 48.8 Å². The zero-order valence-electron chi connectivity index (χ0n) is 15.2. The number of aryl methyl sites for hydroxylation is 1. The van der Waals surface area contributed by atoms with Crippen molar-refractivity contribution in [3.8, 4) is 0 Å². The fraction of sp³-hybridized carbons (Fsp3) is 0.350. The highest BCUT2D eigenvalue weighted by Crippen LogP contribution is 2.23. The van der Waals surface area contributed by atoms with Crippen LogP contribution in [0.3, 0.4) is 0 Å². The number of rotatable bonds is 5. The Morgan fingerprint density at radius 2 is 1.92 bits per heavy atom. The predicted molar refractivity (Wildman–Crippen MR) is 101 cm³/mol. The van der Waals surface area contributed by atoms with Crippen molar-refractivity contribution in [2.24, 2.45) is 7.05 Å². The Morgan fingerprint density at radius 3 is 2.65 bits per heavy atom. The fourth-order valence-corrected chi connectivity index (χ4v) is 3.60. The molecule has 3 aromatic rings. The summed E-state index contributed by atoms with van der Waals surface area (Å²) >= 11 is 0. The van der Waals surface area contributed by atoms with Gasteiger partial charge in [0.2, 0.25) is 0 Å². The zero-order chi connectivity index (χ0) is 18.1. The minimum absolute atomic E-state index is 0.0259. The SMILES string of the molecule is CCN(Cc1ccncc1)C1CN(C(=O)c2nn(C)c3ccccc23)C1. The van der Waals surface area contributed by atoms with Crippen molar-refractivity contribution in [2.45, 2.75) is 19.5 Å². The molecule has 4 rings (SSSR count). The monoisotopic (exact) mass is 349 g/mol. The lowest BCUT2D eigenvalue weighted by molar-refractivity contribution is 0.0250. The van der Waals surface area contributed by atoms with Crippen molar-refractivity contribution in [3.63, 3.8) is 0 Å². The van der Waals surface area contributed by atoms with Crippen molar-refractivity contribution in [1.29, 1.82) is 0 Å². The Kier molecular flexibility index (Phi) is 4.42. The molecule has 1 aromatic carbocycles. The quantitative estimate of drug-likeness (QED) is 0.709. The van der Waals surface area contributed by atoms with Crippen molar-refractivity contribution in [2.75, 3.05) is 19.6 Å². The molecule has 0 N–H and O–H groups in total. The molecule has 1 aliphatic rings. The third-order valence-electron chi connectivity index (χ3n) is 5.17. The standard InChI is InChI=1S/C20H23N5O/c1-3-24(12-15-8-10-21-11-9-15)16-13-25(14-16)20(26)19-17-6-4-5-7-18(17)23(2)22-19/h4-11,16H,3,12-14H2,1-2H3. The van der Waals surface area contributed by atoms with E-state index in [1.54, 1.807) is 4.68 Å². The van der Waals surface area contributed by atoms with Gasteiger partial charge in [0.05, 0.1) is 5.52 Å². The van der Waals surface area contributed by atoms with Gasteiger partial charge in [-0.15, -0.1) is 0 Å². The predicted octanol–water partition coefficient (Wildman–Crippen LogP) is 2.31. The molecule has 1 fully saturated rings. The number of hydrogen-bond donors (Lipinski definition) is 0. The second-order valence-electron chi connectivity index (χ2n) is 6.77. The molecule has 1 amide bonds. The highest BCUT2D eigenvalue weighted by atomic mass is 16.2. The first kappa shape index (κ1) is 16.7. The Labute approximate surface area is 153 Å². The van der Waals surface area contributed by atoms with Gasteiger partial charge in [-0.25, -0.2) is 0 Å². The van der Waals surface area contributed by atoms with Gasteiger partial charge in [-0.3, -0.25) is 19.4 Å². The van der Waals surface area contributed by atoms with E-state index in [2.05, 4.69) is 21.9 Å². The van der Waals surface area contributed by atoms with E-state index in [0.29, 0.717) is 11.7 Å². The Morgan fingerprint density at radius 1 is 1.19 bits per heavy atom. The summed E-state index contributed by atoms with van der Waals surface area (Å²) in [6.45, 7) is 5.52. The van der Waals surface area contributed by atoms with Crippen molar-refractivity contribution >= 4 is 16.8 Å². The second kappa shape index (κ2) is 6.88. The van der Waals surface area contributed by atoms with Crippen LogP contribution in [-0.2, 0) is 13.6 Å². The van der Waals surface area contributed by atoms with Crippen molar-refractivity contribution < 1.29 is 4.79 Å². The molecule has 3 heterocycles. The summed E-state index contributed by atoms with van der Waals surface area (Å²) in [6.07, 6.45) is 3.65. The van der Waals surface area contributed by atoms with E-state index in [1.165, 1.54) is 5.56 Å². The second-order valence-corrected chi connectivity index (χ2v) is 6.77. The average Bonchev–Trinajstić information content (AvgIpc) is 2.97. The first-order valence-electron chi connectivity index (χ1n) is 9.01. The van der Waals surface area contributed by atoms with E-state index in [1.807, 2.05) is 60.7 Å². The van der Waals surface area contributed by atoms with Gasteiger partial charge in [0, 0.05) is 50.5 Å². The van der Waals surface area contributed by atoms with Gasteiger partial charge >= 0.3 is 0 Å². The lowest BCUT2D eigenvalue weighted by atomic mass is 10.0. The van der Waals surface area contributed by atoms with Crippen LogP contribution in [0.25, 0.3) is 10.9 Å². The number of fused-ring (bicyclic) bond motifs is 1. The first-order chi connectivity index (χ1) is 12.7. The molecular weight excluding hydrogens is 326 g/mol. The maximum absolute atomic E-state index is 12.9. The maximum atomic E-state index is 12.9. The molecule has 6 heteroatoms. The molecule has 1 saturated heterocycles. The first-order valence-corrected chi connectivity index (χ1v) is 9.01. The average molecular weight is 349 g/mol. The molecule has 0 aliphatic carbocycles. The van der Waals surface area contributed by atoms with Gasteiger partial charge < -0.3 is 4.90 Å². The van der Waals surface area contributed by atoms with Gasteiger partial charge in [0.1, 0.15) is 0 Å². The molecule has 0 unspecified atom stereocenters. The highest BCUT2D eigenvalue weighted by Gasteiger charge is 2.36. The zero-order valence-corrected chi connectivity index (χ0v) is 15.2. The summed E-state index contributed by atoms with van der Waals surface area (Å²) in [6, 6.07) is 12.4. The molecule has 1 aliphatic heterocycles. The van der Waals surface area contributed by atoms with Crippen molar-refractivity contribution in [3.05, 3.63) is 60.0 Å². The summed E-state index contributed by atoms with van der Waals surface area (Å²) < 4.78 is 1.78. The van der Waals surface area contributed by atoms with Crippen LogP contribution < -0.4 is 0 Å².